The maximum absolute atomic E-state index is 12.5. The normalized spacial score (nSPS) is 18.8. The molecule has 1 aromatic rings. The first-order chi connectivity index (χ1) is 9.70. The number of anilines is 1. The summed E-state index contributed by atoms with van der Waals surface area (Å²) in [6, 6.07) is 3.04. The zero-order valence-electron chi connectivity index (χ0n) is 12.4. The molecule has 1 aliphatic heterocycles. The van der Waals surface area contributed by atoms with Gasteiger partial charge >= 0.3 is 0 Å². The number of rotatable bonds is 4. The molecule has 8 heteroatoms. The lowest BCUT2D eigenvalue weighted by Crippen LogP contribution is -2.51. The zero-order chi connectivity index (χ0) is 15.7. The Morgan fingerprint density at radius 2 is 1.95 bits per heavy atom. The smallest absolute Gasteiger partial charge is 0.246 e. The molecular formula is C13H22N4O3S. The highest BCUT2D eigenvalue weighted by atomic mass is 32.2. The van der Waals surface area contributed by atoms with Crippen LogP contribution in [0.4, 0.5) is 5.82 Å². The third-order valence-corrected chi connectivity index (χ3v) is 5.31. The zero-order valence-corrected chi connectivity index (χ0v) is 13.2. The predicted molar refractivity (Wildman–Crippen MR) is 80.1 cm³/mol. The number of hydrogen-bond acceptors (Lipinski definition) is 6. The van der Waals surface area contributed by atoms with Gasteiger partial charge in [0.2, 0.25) is 10.0 Å². The van der Waals surface area contributed by atoms with Gasteiger partial charge < -0.3 is 10.8 Å². The Morgan fingerprint density at radius 3 is 2.48 bits per heavy atom. The van der Waals surface area contributed by atoms with Crippen molar-refractivity contribution in [2.24, 2.45) is 0 Å². The average molecular weight is 314 g/mol. The Balaban J connectivity index is 2.07. The van der Waals surface area contributed by atoms with Crippen molar-refractivity contribution in [3.63, 3.8) is 0 Å². The van der Waals surface area contributed by atoms with Crippen LogP contribution < -0.4 is 5.73 Å². The molecular weight excluding hydrogens is 292 g/mol. The van der Waals surface area contributed by atoms with Gasteiger partial charge in [0.25, 0.3) is 0 Å². The third kappa shape index (κ3) is 3.91. The quantitative estimate of drug-likeness (QED) is 0.794. The van der Waals surface area contributed by atoms with Crippen molar-refractivity contribution in [2.45, 2.75) is 24.3 Å². The minimum atomic E-state index is -3.60. The molecule has 0 saturated carbocycles. The topological polar surface area (TPSA) is 99.8 Å². The molecule has 3 N–H and O–H groups in total. The van der Waals surface area contributed by atoms with Crippen LogP contribution in [-0.4, -0.2) is 66.0 Å². The van der Waals surface area contributed by atoms with Crippen molar-refractivity contribution in [3.05, 3.63) is 18.3 Å². The van der Waals surface area contributed by atoms with E-state index in [1.807, 2.05) is 0 Å². The van der Waals surface area contributed by atoms with Gasteiger partial charge in [-0.25, -0.2) is 13.4 Å². The molecule has 0 amide bonds. The Bertz CT molecular complexity index is 590. The second-order valence-electron chi connectivity index (χ2n) is 5.88. The summed E-state index contributed by atoms with van der Waals surface area (Å²) in [6.45, 7) is 5.95. The number of aliphatic hydroxyl groups is 1. The van der Waals surface area contributed by atoms with Crippen molar-refractivity contribution in [2.75, 3.05) is 38.5 Å². The number of β-amino-alcohol motifs (C(OH)–C–C–N with tert-alkyl or cyclic N) is 1. The maximum atomic E-state index is 12.5. The van der Waals surface area contributed by atoms with Gasteiger partial charge in [-0.05, 0) is 26.0 Å². The number of pyridine rings is 1. The highest BCUT2D eigenvalue weighted by Gasteiger charge is 2.31. The van der Waals surface area contributed by atoms with Gasteiger partial charge in [0.15, 0.2) is 0 Å². The van der Waals surface area contributed by atoms with E-state index in [-0.39, 0.29) is 10.7 Å². The molecule has 21 heavy (non-hydrogen) atoms. The summed E-state index contributed by atoms with van der Waals surface area (Å²) in [5.74, 6) is 0.0245. The summed E-state index contributed by atoms with van der Waals surface area (Å²) in [5.41, 5.74) is 4.88. The molecule has 118 valence electrons. The minimum Gasteiger partial charge on any atom is -0.389 e. The summed E-state index contributed by atoms with van der Waals surface area (Å²) >= 11 is 0. The first-order valence-corrected chi connectivity index (χ1v) is 8.29. The third-order valence-electron chi connectivity index (χ3n) is 3.36. The number of nitrogen functional groups attached to an aromatic ring is 1. The molecule has 0 aliphatic carbocycles. The Labute approximate surface area is 125 Å². The lowest BCUT2D eigenvalue weighted by molar-refractivity contribution is 0.0263. The van der Waals surface area contributed by atoms with E-state index in [0.29, 0.717) is 32.7 Å². The number of sulfonamides is 1. The predicted octanol–water partition coefficient (Wildman–Crippen LogP) is -0.259. The number of nitrogens with two attached hydrogens (primary N) is 1. The Kier molecular flexibility index (Phi) is 4.52. The van der Waals surface area contributed by atoms with Gasteiger partial charge in [-0.15, -0.1) is 0 Å². The first kappa shape index (κ1) is 16.2. The van der Waals surface area contributed by atoms with Crippen molar-refractivity contribution < 1.29 is 13.5 Å². The second-order valence-corrected chi connectivity index (χ2v) is 7.79. The van der Waals surface area contributed by atoms with E-state index in [1.165, 1.54) is 16.6 Å². The second kappa shape index (κ2) is 5.88. The Morgan fingerprint density at radius 1 is 1.33 bits per heavy atom. The molecule has 1 fully saturated rings. The molecule has 2 rings (SSSR count). The van der Waals surface area contributed by atoms with Gasteiger partial charge in [0, 0.05) is 38.9 Å². The maximum Gasteiger partial charge on any atom is 0.246 e. The number of aromatic nitrogens is 1. The molecule has 0 atom stereocenters. The van der Waals surface area contributed by atoms with Crippen LogP contribution in [0.1, 0.15) is 13.8 Å². The van der Waals surface area contributed by atoms with Crippen LogP contribution in [0.15, 0.2) is 23.2 Å². The number of nitrogens with zero attached hydrogens (tertiary/aromatic N) is 3. The van der Waals surface area contributed by atoms with Crippen LogP contribution in [0.2, 0.25) is 0 Å². The van der Waals surface area contributed by atoms with Gasteiger partial charge in [-0.2, -0.15) is 4.31 Å². The summed E-state index contributed by atoms with van der Waals surface area (Å²) < 4.78 is 26.5. The molecule has 1 saturated heterocycles. The summed E-state index contributed by atoms with van der Waals surface area (Å²) in [7, 11) is -3.60. The minimum absolute atomic E-state index is 0.0245. The molecule has 7 nitrogen and oxygen atoms in total. The standard InChI is InChI=1S/C13H22N4O3S/c1-13(2,18)10-16-6-8-17(9-7-16)21(19,20)11-4-3-5-15-12(11)14/h3-5,18H,6-10H2,1-2H3,(H2,14,15). The molecule has 0 aromatic carbocycles. The summed E-state index contributed by atoms with van der Waals surface area (Å²) in [6.07, 6.45) is 1.47. The van der Waals surface area contributed by atoms with E-state index < -0.39 is 15.6 Å². The summed E-state index contributed by atoms with van der Waals surface area (Å²) in [5, 5.41) is 9.81. The van der Waals surface area contributed by atoms with Gasteiger partial charge in [-0.3, -0.25) is 4.90 Å². The molecule has 0 spiro atoms. The highest BCUT2D eigenvalue weighted by Crippen LogP contribution is 2.21. The molecule has 2 heterocycles. The Hall–Kier alpha value is -1.22. The van der Waals surface area contributed by atoms with E-state index >= 15 is 0 Å². The van der Waals surface area contributed by atoms with Crippen molar-refractivity contribution in [1.82, 2.24) is 14.2 Å². The molecule has 0 bridgehead atoms. The lowest BCUT2D eigenvalue weighted by atomic mass is 10.1. The SMILES string of the molecule is CC(C)(O)CN1CCN(S(=O)(=O)c2cccnc2N)CC1. The molecule has 0 unspecified atom stereocenters. The van der Waals surface area contributed by atoms with Crippen LogP contribution in [0.3, 0.4) is 0 Å². The van der Waals surface area contributed by atoms with E-state index in [9.17, 15) is 13.5 Å². The van der Waals surface area contributed by atoms with Crippen LogP contribution in [0.5, 0.6) is 0 Å². The van der Waals surface area contributed by atoms with E-state index in [4.69, 9.17) is 5.73 Å². The van der Waals surface area contributed by atoms with Crippen molar-refractivity contribution in [1.29, 1.82) is 0 Å². The van der Waals surface area contributed by atoms with E-state index in [0.717, 1.165) is 0 Å². The van der Waals surface area contributed by atoms with Gasteiger partial charge in [0.05, 0.1) is 5.60 Å². The lowest BCUT2D eigenvalue weighted by Gasteiger charge is -2.36. The fraction of sp³-hybridized carbons (Fsp3) is 0.615. The highest BCUT2D eigenvalue weighted by molar-refractivity contribution is 7.89. The molecule has 1 aromatic heterocycles. The monoisotopic (exact) mass is 314 g/mol. The van der Waals surface area contributed by atoms with E-state index in [2.05, 4.69) is 9.88 Å². The molecule has 1 aliphatic rings. The van der Waals surface area contributed by atoms with Crippen molar-refractivity contribution in [3.8, 4) is 0 Å². The largest absolute Gasteiger partial charge is 0.389 e. The summed E-state index contributed by atoms with van der Waals surface area (Å²) in [4.78, 5) is 5.94. The van der Waals surface area contributed by atoms with Gasteiger partial charge in [0.1, 0.15) is 10.7 Å². The van der Waals surface area contributed by atoms with E-state index in [1.54, 1.807) is 19.9 Å². The number of hydrogen-bond donors (Lipinski definition) is 2. The average Bonchev–Trinajstić information content (AvgIpc) is 2.37. The fourth-order valence-electron chi connectivity index (χ4n) is 2.44. The van der Waals surface area contributed by atoms with Crippen LogP contribution in [0.25, 0.3) is 0 Å². The van der Waals surface area contributed by atoms with Crippen LogP contribution in [-0.2, 0) is 10.0 Å². The van der Waals surface area contributed by atoms with Crippen LogP contribution >= 0.6 is 0 Å². The van der Waals surface area contributed by atoms with Crippen LogP contribution in [0, 0.1) is 0 Å². The van der Waals surface area contributed by atoms with Crippen molar-refractivity contribution >= 4 is 15.8 Å². The number of piperazine rings is 1. The fourth-order valence-corrected chi connectivity index (χ4v) is 3.92. The first-order valence-electron chi connectivity index (χ1n) is 6.85. The van der Waals surface area contributed by atoms with Gasteiger partial charge in [-0.1, -0.05) is 0 Å². The molecule has 0 radical (unpaired) electrons.